The highest BCUT2D eigenvalue weighted by atomic mass is 32.2. The lowest BCUT2D eigenvalue weighted by atomic mass is 10.3. The van der Waals surface area contributed by atoms with E-state index in [1.165, 1.54) is 52.8 Å². The zero-order valence-electron chi connectivity index (χ0n) is 17.1. The van der Waals surface area contributed by atoms with Crippen LogP contribution in [0.5, 0.6) is 0 Å². The molecule has 0 saturated carbocycles. The molecule has 2 unspecified atom stereocenters. The molecule has 1 aliphatic rings. The van der Waals surface area contributed by atoms with Crippen molar-refractivity contribution in [3.8, 4) is 0 Å². The van der Waals surface area contributed by atoms with Crippen molar-refractivity contribution in [2.45, 2.75) is 31.0 Å². The minimum atomic E-state index is -3.65. The SMILES string of the molecule is CC1CN(S(=O)(=O)c2ccc(NC(=O)CN(C)C(=O)c3ccco3)cc2)CC(C)O1. The van der Waals surface area contributed by atoms with Gasteiger partial charge in [-0.1, -0.05) is 0 Å². The first-order valence-electron chi connectivity index (χ1n) is 9.51. The molecule has 1 aromatic carbocycles. The van der Waals surface area contributed by atoms with E-state index in [4.69, 9.17) is 9.15 Å². The molecule has 0 aliphatic carbocycles. The van der Waals surface area contributed by atoms with E-state index in [0.717, 1.165) is 0 Å². The fraction of sp³-hybridized carbons (Fsp3) is 0.400. The van der Waals surface area contributed by atoms with Crippen molar-refractivity contribution in [2.24, 2.45) is 0 Å². The van der Waals surface area contributed by atoms with Gasteiger partial charge in [0.05, 0.1) is 29.9 Å². The molecule has 2 atom stereocenters. The Balaban J connectivity index is 1.61. The van der Waals surface area contributed by atoms with Crippen molar-refractivity contribution in [3.05, 3.63) is 48.4 Å². The Kier molecular flexibility index (Phi) is 6.59. The van der Waals surface area contributed by atoms with Crippen LogP contribution in [0.4, 0.5) is 5.69 Å². The Morgan fingerprint density at radius 1 is 1.13 bits per heavy atom. The van der Waals surface area contributed by atoms with Crippen molar-refractivity contribution in [3.63, 3.8) is 0 Å². The van der Waals surface area contributed by atoms with E-state index in [-0.39, 0.29) is 29.4 Å². The van der Waals surface area contributed by atoms with Crippen LogP contribution in [0.1, 0.15) is 24.4 Å². The molecule has 1 saturated heterocycles. The molecule has 1 fully saturated rings. The summed E-state index contributed by atoms with van der Waals surface area (Å²) in [5.41, 5.74) is 0.432. The summed E-state index contributed by atoms with van der Waals surface area (Å²) in [6, 6.07) is 9.06. The number of anilines is 1. The van der Waals surface area contributed by atoms with Gasteiger partial charge in [0.25, 0.3) is 5.91 Å². The number of nitrogens with one attached hydrogen (secondary N) is 1. The molecule has 0 spiro atoms. The number of hydrogen-bond donors (Lipinski definition) is 1. The summed E-state index contributed by atoms with van der Waals surface area (Å²) < 4.78 is 37.8. The van der Waals surface area contributed by atoms with Gasteiger partial charge < -0.3 is 19.4 Å². The number of sulfonamides is 1. The van der Waals surface area contributed by atoms with Crippen LogP contribution < -0.4 is 5.32 Å². The molecule has 1 aliphatic heterocycles. The normalized spacial score (nSPS) is 20.0. The van der Waals surface area contributed by atoms with Crippen LogP contribution in [0, 0.1) is 0 Å². The molecule has 2 aromatic rings. The standard InChI is InChI=1S/C20H25N3O6S/c1-14-11-23(12-15(2)29-14)30(26,27)17-8-6-16(7-9-17)21-19(24)13-22(3)20(25)18-5-4-10-28-18/h4-10,14-15H,11-13H2,1-3H3,(H,21,24). The van der Waals surface area contributed by atoms with Crippen molar-refractivity contribution < 1.29 is 27.2 Å². The van der Waals surface area contributed by atoms with E-state index >= 15 is 0 Å². The van der Waals surface area contributed by atoms with Gasteiger partial charge in [-0.2, -0.15) is 4.31 Å². The molecule has 9 nitrogen and oxygen atoms in total. The largest absolute Gasteiger partial charge is 0.459 e. The van der Waals surface area contributed by atoms with Gasteiger partial charge in [-0.25, -0.2) is 8.42 Å². The molecular weight excluding hydrogens is 410 g/mol. The van der Waals surface area contributed by atoms with E-state index in [1.54, 1.807) is 6.07 Å². The van der Waals surface area contributed by atoms with E-state index < -0.39 is 21.8 Å². The summed E-state index contributed by atoms with van der Waals surface area (Å²) in [6.07, 6.45) is 1.03. The van der Waals surface area contributed by atoms with Crippen LogP contribution in [0.15, 0.2) is 52.0 Å². The van der Waals surface area contributed by atoms with Crippen LogP contribution in [-0.4, -0.2) is 68.3 Å². The summed E-state index contributed by atoms with van der Waals surface area (Å²) in [5, 5.41) is 2.65. The van der Waals surface area contributed by atoms with Gasteiger partial charge in [0.15, 0.2) is 5.76 Å². The summed E-state index contributed by atoms with van der Waals surface area (Å²) >= 11 is 0. The van der Waals surface area contributed by atoms with E-state index in [1.807, 2.05) is 13.8 Å². The number of ether oxygens (including phenoxy) is 1. The minimum absolute atomic E-state index is 0.145. The number of hydrogen-bond acceptors (Lipinski definition) is 6. The topological polar surface area (TPSA) is 109 Å². The smallest absolute Gasteiger partial charge is 0.289 e. The zero-order valence-corrected chi connectivity index (χ0v) is 17.9. The average Bonchev–Trinajstić information content (AvgIpc) is 3.21. The van der Waals surface area contributed by atoms with Crippen molar-refractivity contribution >= 4 is 27.5 Å². The number of likely N-dealkylation sites (N-methyl/N-ethyl adjacent to an activating group) is 1. The predicted molar refractivity (Wildman–Crippen MR) is 110 cm³/mol. The zero-order chi connectivity index (χ0) is 21.9. The van der Waals surface area contributed by atoms with Crippen LogP contribution in [0.2, 0.25) is 0 Å². The third-order valence-electron chi connectivity index (χ3n) is 4.62. The van der Waals surface area contributed by atoms with E-state index in [0.29, 0.717) is 18.8 Å². The summed E-state index contributed by atoms with van der Waals surface area (Å²) in [5.74, 6) is -0.680. The quantitative estimate of drug-likeness (QED) is 0.741. The van der Waals surface area contributed by atoms with E-state index in [2.05, 4.69) is 5.32 Å². The number of amides is 2. The molecular formula is C20H25N3O6S. The molecule has 1 aromatic heterocycles. The molecule has 1 N–H and O–H groups in total. The van der Waals surface area contributed by atoms with Gasteiger partial charge in [0.1, 0.15) is 0 Å². The van der Waals surface area contributed by atoms with Gasteiger partial charge in [0.2, 0.25) is 15.9 Å². The molecule has 2 amide bonds. The maximum absolute atomic E-state index is 12.9. The molecule has 3 rings (SSSR count). The average molecular weight is 436 g/mol. The second-order valence-corrected chi connectivity index (χ2v) is 9.23. The fourth-order valence-corrected chi connectivity index (χ4v) is 4.85. The number of benzene rings is 1. The minimum Gasteiger partial charge on any atom is -0.459 e. The molecule has 2 heterocycles. The van der Waals surface area contributed by atoms with Crippen molar-refractivity contribution in [2.75, 3.05) is 32.0 Å². The lowest BCUT2D eigenvalue weighted by Gasteiger charge is -2.34. The molecule has 30 heavy (non-hydrogen) atoms. The molecule has 10 heteroatoms. The summed E-state index contributed by atoms with van der Waals surface area (Å²) in [7, 11) is -2.16. The second kappa shape index (κ2) is 8.99. The van der Waals surface area contributed by atoms with Crippen LogP contribution >= 0.6 is 0 Å². The van der Waals surface area contributed by atoms with Crippen molar-refractivity contribution in [1.29, 1.82) is 0 Å². The Bertz CT molecular complexity index is 978. The summed E-state index contributed by atoms with van der Waals surface area (Å²) in [4.78, 5) is 25.7. The maximum Gasteiger partial charge on any atom is 0.289 e. The monoisotopic (exact) mass is 435 g/mol. The Morgan fingerprint density at radius 3 is 2.33 bits per heavy atom. The molecule has 0 radical (unpaired) electrons. The first-order chi connectivity index (χ1) is 14.2. The molecule has 162 valence electrons. The lowest BCUT2D eigenvalue weighted by molar-refractivity contribution is -0.116. The lowest BCUT2D eigenvalue weighted by Crippen LogP contribution is -2.48. The van der Waals surface area contributed by atoms with Crippen LogP contribution in [0.25, 0.3) is 0 Å². The number of carbonyl (C=O) groups excluding carboxylic acids is 2. The Morgan fingerprint density at radius 2 is 1.77 bits per heavy atom. The predicted octanol–water partition coefficient (Wildman–Crippen LogP) is 1.79. The highest BCUT2D eigenvalue weighted by molar-refractivity contribution is 7.89. The fourth-order valence-electron chi connectivity index (χ4n) is 3.26. The number of morpholine rings is 1. The summed E-state index contributed by atoms with van der Waals surface area (Å²) in [6.45, 7) is 4.08. The van der Waals surface area contributed by atoms with Gasteiger partial charge in [0, 0.05) is 25.8 Å². The van der Waals surface area contributed by atoms with Crippen LogP contribution in [-0.2, 0) is 19.6 Å². The second-order valence-electron chi connectivity index (χ2n) is 7.29. The van der Waals surface area contributed by atoms with Gasteiger partial charge in [-0.15, -0.1) is 0 Å². The van der Waals surface area contributed by atoms with Crippen molar-refractivity contribution in [1.82, 2.24) is 9.21 Å². The van der Waals surface area contributed by atoms with Gasteiger partial charge >= 0.3 is 0 Å². The number of nitrogens with zero attached hydrogens (tertiary/aromatic N) is 2. The third-order valence-corrected chi connectivity index (χ3v) is 6.47. The molecule has 0 bridgehead atoms. The number of rotatable bonds is 6. The maximum atomic E-state index is 12.9. The first-order valence-corrected chi connectivity index (χ1v) is 11.0. The highest BCUT2D eigenvalue weighted by Gasteiger charge is 2.32. The Labute approximate surface area is 175 Å². The number of carbonyl (C=O) groups is 2. The number of furan rings is 1. The highest BCUT2D eigenvalue weighted by Crippen LogP contribution is 2.22. The van der Waals surface area contributed by atoms with Gasteiger partial charge in [-0.05, 0) is 50.2 Å². The van der Waals surface area contributed by atoms with E-state index in [9.17, 15) is 18.0 Å². The third kappa shape index (κ3) is 5.07. The van der Waals surface area contributed by atoms with Crippen LogP contribution in [0.3, 0.4) is 0 Å². The van der Waals surface area contributed by atoms with Gasteiger partial charge in [-0.3, -0.25) is 9.59 Å². The first kappa shape index (κ1) is 22.0. The Hall–Kier alpha value is -2.69.